The summed E-state index contributed by atoms with van der Waals surface area (Å²) in [4.78, 5) is 31.8. The molecule has 1 aliphatic heterocycles. The second-order valence-corrected chi connectivity index (χ2v) is 4.13. The van der Waals surface area contributed by atoms with Crippen LogP contribution < -0.4 is 10.5 Å². The molecular weight excluding hydrogens is 298 g/mol. The number of H-pyrrole nitrogens is 1. The lowest BCUT2D eigenvalue weighted by molar-refractivity contribution is -0.142. The van der Waals surface area contributed by atoms with Gasteiger partial charge in [0.1, 0.15) is 18.1 Å². The fourth-order valence-corrected chi connectivity index (χ4v) is 1.88. The normalized spacial score (nSPS) is 13.2. The lowest BCUT2D eigenvalue weighted by Crippen LogP contribution is -2.37. The van der Waals surface area contributed by atoms with Crippen LogP contribution in [0.5, 0.6) is 0 Å². The number of nitrogens with zero attached hydrogens (tertiary/aromatic N) is 2. The van der Waals surface area contributed by atoms with Crippen molar-refractivity contribution in [2.45, 2.75) is 41.0 Å². The minimum Gasteiger partial charge on any atom is -0.466 e. The summed E-state index contributed by atoms with van der Waals surface area (Å²) in [6.07, 6.45) is -0.0265. The highest BCUT2D eigenvalue weighted by Gasteiger charge is 2.15. The summed E-state index contributed by atoms with van der Waals surface area (Å²) in [6, 6.07) is 1.43. The van der Waals surface area contributed by atoms with Crippen molar-refractivity contribution >= 4 is 11.8 Å². The monoisotopic (exact) mass is 327 g/mol. The van der Waals surface area contributed by atoms with E-state index < -0.39 is 5.97 Å². The summed E-state index contributed by atoms with van der Waals surface area (Å²) in [5.41, 5.74) is -0.268. The van der Waals surface area contributed by atoms with E-state index in [9.17, 15) is 9.59 Å². The zero-order valence-corrected chi connectivity index (χ0v) is 14.8. The van der Waals surface area contributed by atoms with Crippen LogP contribution in [0.1, 0.15) is 40.4 Å². The third-order valence-corrected chi connectivity index (χ3v) is 2.73. The summed E-state index contributed by atoms with van der Waals surface area (Å²) in [6.45, 7) is 12.7. The molecule has 0 unspecified atom stereocenters. The second kappa shape index (κ2) is 12.6. The Morgan fingerprint density at radius 1 is 1.30 bits per heavy atom. The average Bonchev–Trinajstić information content (AvgIpc) is 2.59. The van der Waals surface area contributed by atoms with Crippen molar-refractivity contribution in [1.82, 2.24) is 9.97 Å². The predicted molar refractivity (Wildman–Crippen MR) is 90.9 cm³/mol. The fraction of sp³-hybridized carbons (Fsp3) is 0.688. The molecule has 1 N–H and O–H groups in total. The number of carbonyl (C=O) groups excluding carboxylic acids is 1. The van der Waals surface area contributed by atoms with Gasteiger partial charge < -0.3 is 19.4 Å². The van der Waals surface area contributed by atoms with Crippen LogP contribution >= 0.6 is 0 Å². The molecule has 0 bridgehead atoms. The Morgan fingerprint density at radius 2 is 1.91 bits per heavy atom. The van der Waals surface area contributed by atoms with Gasteiger partial charge in [0.15, 0.2) is 0 Å². The van der Waals surface area contributed by atoms with E-state index in [0.29, 0.717) is 44.6 Å². The number of hydrogen-bond acceptors (Lipinski definition) is 6. The first-order valence-corrected chi connectivity index (χ1v) is 8.27. The number of anilines is 1. The average molecular weight is 327 g/mol. The van der Waals surface area contributed by atoms with E-state index in [2.05, 4.69) is 9.97 Å². The maximum Gasteiger partial charge on any atom is 0.313 e. The molecule has 7 nitrogen and oxygen atoms in total. The maximum atomic E-state index is 11.6. The van der Waals surface area contributed by atoms with Crippen molar-refractivity contribution in [2.24, 2.45) is 0 Å². The molecule has 7 heteroatoms. The van der Waals surface area contributed by atoms with Crippen LogP contribution in [0, 0.1) is 0 Å². The fourth-order valence-electron chi connectivity index (χ4n) is 1.88. The van der Waals surface area contributed by atoms with Gasteiger partial charge in [-0.2, -0.15) is 0 Å². The number of nitrogens with one attached hydrogen (secondary N) is 1. The van der Waals surface area contributed by atoms with E-state index in [0.717, 1.165) is 0 Å². The zero-order chi connectivity index (χ0) is 17.7. The lowest BCUT2D eigenvalue weighted by atomic mass is 10.3. The van der Waals surface area contributed by atoms with Crippen molar-refractivity contribution < 1.29 is 14.3 Å². The minimum absolute atomic E-state index is 0.0265. The van der Waals surface area contributed by atoms with Crippen LogP contribution in [-0.2, 0) is 20.7 Å². The molecule has 132 valence electrons. The minimum atomic E-state index is -0.398. The summed E-state index contributed by atoms with van der Waals surface area (Å²) in [7, 11) is 0. The second-order valence-electron chi connectivity index (χ2n) is 4.13. The summed E-state index contributed by atoms with van der Waals surface area (Å²) in [5, 5.41) is 0. The van der Waals surface area contributed by atoms with E-state index in [1.807, 2.05) is 32.6 Å². The highest BCUT2D eigenvalue weighted by molar-refractivity contribution is 5.71. The van der Waals surface area contributed by atoms with Crippen LogP contribution in [0.2, 0.25) is 0 Å². The van der Waals surface area contributed by atoms with Crippen LogP contribution in [0.3, 0.4) is 0 Å². The predicted octanol–water partition coefficient (Wildman–Crippen LogP) is 1.76. The molecule has 0 atom stereocenters. The van der Waals surface area contributed by atoms with Crippen LogP contribution in [0.4, 0.5) is 5.82 Å². The molecule has 2 rings (SSSR count). The Morgan fingerprint density at radius 3 is 2.48 bits per heavy atom. The maximum absolute atomic E-state index is 11.6. The van der Waals surface area contributed by atoms with Gasteiger partial charge in [-0.3, -0.25) is 9.59 Å². The molecule has 1 fully saturated rings. The quantitative estimate of drug-likeness (QED) is 0.848. The number of esters is 1. The van der Waals surface area contributed by atoms with E-state index in [4.69, 9.17) is 9.47 Å². The van der Waals surface area contributed by atoms with Gasteiger partial charge in [-0.1, -0.05) is 27.7 Å². The largest absolute Gasteiger partial charge is 0.466 e. The van der Waals surface area contributed by atoms with E-state index >= 15 is 0 Å². The van der Waals surface area contributed by atoms with Crippen molar-refractivity contribution in [1.29, 1.82) is 0 Å². The van der Waals surface area contributed by atoms with Gasteiger partial charge in [-0.25, -0.2) is 4.98 Å². The molecule has 0 radical (unpaired) electrons. The van der Waals surface area contributed by atoms with Gasteiger partial charge in [0, 0.05) is 19.2 Å². The summed E-state index contributed by atoms with van der Waals surface area (Å²) in [5.74, 6) is 0.503. The standard InChI is InChI=1S/C12H17N3O4.2C2H6/c1-2-19-12(17)7-9-13-10(8-11(16)14-9)15-3-5-18-6-4-15;2*1-2/h8H,2-7H2,1H3,(H,13,14,16);2*1-2H3. The van der Waals surface area contributed by atoms with Gasteiger partial charge >= 0.3 is 5.97 Å². The molecule has 1 aromatic heterocycles. The van der Waals surface area contributed by atoms with Crippen LogP contribution in [-0.4, -0.2) is 48.8 Å². The smallest absolute Gasteiger partial charge is 0.313 e. The number of hydrogen-bond donors (Lipinski definition) is 1. The number of carbonyl (C=O) groups is 1. The first-order valence-electron chi connectivity index (χ1n) is 8.27. The molecule has 0 aliphatic carbocycles. The van der Waals surface area contributed by atoms with Gasteiger partial charge in [0.25, 0.3) is 5.56 Å². The van der Waals surface area contributed by atoms with Crippen molar-refractivity contribution in [2.75, 3.05) is 37.8 Å². The Hall–Kier alpha value is -1.89. The molecule has 1 saturated heterocycles. The summed E-state index contributed by atoms with van der Waals surface area (Å²) < 4.78 is 10.1. The Kier molecular flexibility index (Phi) is 11.6. The third-order valence-electron chi connectivity index (χ3n) is 2.73. The van der Waals surface area contributed by atoms with Gasteiger partial charge in [-0.05, 0) is 6.92 Å². The number of aromatic amines is 1. The molecule has 0 amide bonds. The van der Waals surface area contributed by atoms with E-state index in [1.165, 1.54) is 6.07 Å². The molecule has 0 saturated carbocycles. The van der Waals surface area contributed by atoms with Crippen LogP contribution in [0.25, 0.3) is 0 Å². The number of morpholine rings is 1. The molecule has 0 spiro atoms. The van der Waals surface area contributed by atoms with Crippen LogP contribution in [0.15, 0.2) is 10.9 Å². The molecule has 0 aromatic carbocycles. The lowest BCUT2D eigenvalue weighted by Gasteiger charge is -2.27. The van der Waals surface area contributed by atoms with Crippen molar-refractivity contribution in [3.63, 3.8) is 0 Å². The highest BCUT2D eigenvalue weighted by Crippen LogP contribution is 2.10. The van der Waals surface area contributed by atoms with E-state index in [-0.39, 0.29) is 12.0 Å². The highest BCUT2D eigenvalue weighted by atomic mass is 16.5. The first kappa shape index (κ1) is 21.1. The van der Waals surface area contributed by atoms with Crippen molar-refractivity contribution in [3.8, 4) is 0 Å². The topological polar surface area (TPSA) is 84.5 Å². The Labute approximate surface area is 138 Å². The third kappa shape index (κ3) is 7.78. The molecule has 1 aliphatic rings. The number of rotatable bonds is 4. The Balaban J connectivity index is 0.00000112. The molecular formula is C16H29N3O4. The van der Waals surface area contributed by atoms with E-state index in [1.54, 1.807) is 6.92 Å². The van der Waals surface area contributed by atoms with Gasteiger partial charge in [0.05, 0.1) is 19.8 Å². The van der Waals surface area contributed by atoms with Gasteiger partial charge in [-0.15, -0.1) is 0 Å². The zero-order valence-electron chi connectivity index (χ0n) is 14.8. The molecule has 23 heavy (non-hydrogen) atoms. The summed E-state index contributed by atoms with van der Waals surface area (Å²) >= 11 is 0. The SMILES string of the molecule is CC.CC.CCOC(=O)Cc1nc(N2CCOCC2)cc(=O)[nH]1. The number of ether oxygens (including phenoxy) is 2. The van der Waals surface area contributed by atoms with Crippen molar-refractivity contribution in [3.05, 3.63) is 22.2 Å². The Bertz CT molecular complexity index is 496. The van der Waals surface area contributed by atoms with Gasteiger partial charge in [0.2, 0.25) is 0 Å². The molecule has 1 aromatic rings. The molecule has 2 heterocycles. The first-order chi connectivity index (χ1) is 11.2. The number of aromatic nitrogens is 2.